The number of carbonyl (C=O) groups is 2. The molecule has 0 radical (unpaired) electrons. The van der Waals surface area contributed by atoms with Crippen LogP contribution in [0.15, 0.2) is 53.4 Å². The molecule has 1 aliphatic heterocycles. The first-order chi connectivity index (χ1) is 15.6. The van der Waals surface area contributed by atoms with E-state index in [-0.39, 0.29) is 23.5 Å². The Kier molecular flexibility index (Phi) is 7.86. The van der Waals surface area contributed by atoms with Gasteiger partial charge in [-0.05, 0) is 55.2 Å². The van der Waals surface area contributed by atoms with Crippen LogP contribution in [0, 0.1) is 17.7 Å². The number of likely N-dealkylation sites (tertiary alicyclic amines) is 1. The normalized spacial score (nSPS) is 16.0. The average Bonchev–Trinajstić information content (AvgIpc) is 2.82. The van der Waals surface area contributed by atoms with E-state index in [1.54, 1.807) is 50.1 Å². The Hall–Kier alpha value is -2.78. The summed E-state index contributed by atoms with van der Waals surface area (Å²) in [5.74, 6) is -1.12. The number of carbonyl (C=O) groups excluding carboxylic acids is 2. The molecule has 1 amide bonds. The van der Waals surface area contributed by atoms with Gasteiger partial charge in [0.05, 0.1) is 7.11 Å². The van der Waals surface area contributed by atoms with Crippen molar-refractivity contribution in [3.63, 3.8) is 0 Å². The minimum Gasteiger partial charge on any atom is -0.497 e. The molecule has 0 aromatic heterocycles. The maximum atomic E-state index is 14.0. The first-order valence-electron chi connectivity index (χ1n) is 10.9. The first kappa shape index (κ1) is 24.9. The van der Waals surface area contributed by atoms with Gasteiger partial charge in [-0.2, -0.15) is 4.72 Å². The fourth-order valence-electron chi connectivity index (χ4n) is 3.91. The molecule has 9 heteroatoms. The highest BCUT2D eigenvalue weighted by molar-refractivity contribution is 7.89. The molecule has 1 aliphatic rings. The van der Waals surface area contributed by atoms with Gasteiger partial charge < -0.3 is 9.64 Å². The van der Waals surface area contributed by atoms with Gasteiger partial charge in [0.1, 0.15) is 22.5 Å². The Bertz CT molecular complexity index is 1090. The lowest BCUT2D eigenvalue weighted by Gasteiger charge is -2.35. The van der Waals surface area contributed by atoms with Crippen molar-refractivity contribution in [1.29, 1.82) is 0 Å². The van der Waals surface area contributed by atoms with Crippen LogP contribution in [-0.4, -0.2) is 51.2 Å². The maximum absolute atomic E-state index is 14.0. The van der Waals surface area contributed by atoms with E-state index in [0.29, 0.717) is 37.2 Å². The molecule has 33 heavy (non-hydrogen) atoms. The Balaban J connectivity index is 1.66. The number of nitrogens with zero attached hydrogens (tertiary/aromatic N) is 1. The van der Waals surface area contributed by atoms with Gasteiger partial charge in [-0.25, -0.2) is 12.8 Å². The van der Waals surface area contributed by atoms with E-state index in [2.05, 4.69) is 4.72 Å². The molecule has 0 saturated carbocycles. The van der Waals surface area contributed by atoms with Crippen LogP contribution in [0.25, 0.3) is 0 Å². The van der Waals surface area contributed by atoms with Gasteiger partial charge in [0, 0.05) is 24.6 Å². The van der Waals surface area contributed by atoms with Gasteiger partial charge in [-0.3, -0.25) is 9.59 Å². The summed E-state index contributed by atoms with van der Waals surface area (Å²) in [7, 11) is -2.66. The van der Waals surface area contributed by atoms with Gasteiger partial charge in [0.25, 0.3) is 0 Å². The summed E-state index contributed by atoms with van der Waals surface area (Å²) in [4.78, 5) is 27.1. The average molecular weight is 477 g/mol. The maximum Gasteiger partial charge on any atom is 0.244 e. The Morgan fingerprint density at radius 2 is 1.67 bits per heavy atom. The number of benzene rings is 2. The summed E-state index contributed by atoms with van der Waals surface area (Å²) in [5.41, 5.74) is 0.596. The molecule has 0 unspecified atom stereocenters. The van der Waals surface area contributed by atoms with E-state index in [1.165, 1.54) is 12.1 Å². The SMILES string of the molecule is COc1ccc(C(=O)C2CCN(C(=O)[C@@H](NS(=O)(=O)c3ccccc3F)C(C)C)CC2)cc1. The standard InChI is InChI=1S/C24H29FN2O5S/c1-16(2)22(26-33(30,31)21-7-5-4-6-20(21)25)24(29)27-14-12-18(13-15-27)23(28)17-8-10-19(32-3)11-9-17/h4-11,16,18,22,26H,12-15H2,1-3H3/t22-/m0/s1. The number of amides is 1. The van der Waals surface area contributed by atoms with Gasteiger partial charge in [-0.1, -0.05) is 26.0 Å². The van der Waals surface area contributed by atoms with E-state index in [4.69, 9.17) is 4.74 Å². The number of nitrogens with one attached hydrogen (secondary N) is 1. The summed E-state index contributed by atoms with van der Waals surface area (Å²) >= 11 is 0. The van der Waals surface area contributed by atoms with Crippen molar-refractivity contribution in [3.05, 3.63) is 59.9 Å². The zero-order chi connectivity index (χ0) is 24.2. The van der Waals surface area contributed by atoms with Crippen molar-refractivity contribution in [2.45, 2.75) is 37.6 Å². The van der Waals surface area contributed by atoms with Crippen molar-refractivity contribution in [2.24, 2.45) is 11.8 Å². The number of Topliss-reactive ketones (excluding diaryl/α,β-unsaturated/α-hetero) is 1. The first-order valence-corrected chi connectivity index (χ1v) is 12.4. The third-order valence-corrected chi connectivity index (χ3v) is 7.37. The molecule has 2 aromatic carbocycles. The van der Waals surface area contributed by atoms with Gasteiger partial charge in [-0.15, -0.1) is 0 Å². The second-order valence-electron chi connectivity index (χ2n) is 8.47. The number of ketones is 1. The van der Waals surface area contributed by atoms with E-state index < -0.39 is 26.8 Å². The molecular weight excluding hydrogens is 447 g/mol. The second-order valence-corrected chi connectivity index (χ2v) is 10.1. The minimum atomic E-state index is -4.22. The summed E-state index contributed by atoms with van der Waals surface area (Å²) < 4.78 is 47.0. The molecular formula is C24H29FN2O5S. The lowest BCUT2D eigenvalue weighted by molar-refractivity contribution is -0.135. The number of halogens is 1. The van der Waals surface area contributed by atoms with Crippen molar-refractivity contribution in [3.8, 4) is 5.75 Å². The Morgan fingerprint density at radius 3 is 2.21 bits per heavy atom. The highest BCUT2D eigenvalue weighted by Gasteiger charge is 2.35. The molecule has 0 aliphatic carbocycles. The van der Waals surface area contributed by atoms with Crippen LogP contribution in [0.2, 0.25) is 0 Å². The molecule has 2 aromatic rings. The van der Waals surface area contributed by atoms with Crippen molar-refractivity contribution >= 4 is 21.7 Å². The molecule has 1 atom stereocenters. The number of rotatable bonds is 8. The van der Waals surface area contributed by atoms with E-state index in [0.717, 1.165) is 12.1 Å². The molecule has 3 rings (SSSR count). The van der Waals surface area contributed by atoms with E-state index in [1.807, 2.05) is 0 Å². The predicted molar refractivity (Wildman–Crippen MR) is 122 cm³/mol. The largest absolute Gasteiger partial charge is 0.497 e. The Morgan fingerprint density at radius 1 is 1.06 bits per heavy atom. The zero-order valence-corrected chi connectivity index (χ0v) is 19.8. The van der Waals surface area contributed by atoms with Crippen LogP contribution in [-0.2, 0) is 14.8 Å². The summed E-state index contributed by atoms with van der Waals surface area (Å²) in [6.07, 6.45) is 0.975. The quantitative estimate of drug-likeness (QED) is 0.591. The van der Waals surface area contributed by atoms with Crippen LogP contribution in [0.5, 0.6) is 5.75 Å². The smallest absolute Gasteiger partial charge is 0.244 e. The number of sulfonamides is 1. The Labute approximate surface area is 194 Å². The fourth-order valence-corrected chi connectivity index (χ4v) is 5.33. The number of ether oxygens (including phenoxy) is 1. The van der Waals surface area contributed by atoms with Crippen LogP contribution in [0.1, 0.15) is 37.0 Å². The summed E-state index contributed by atoms with van der Waals surface area (Å²) in [6.45, 7) is 4.14. The van der Waals surface area contributed by atoms with Gasteiger partial charge >= 0.3 is 0 Å². The monoisotopic (exact) mass is 476 g/mol. The van der Waals surface area contributed by atoms with Crippen LogP contribution in [0.4, 0.5) is 4.39 Å². The topological polar surface area (TPSA) is 92.8 Å². The van der Waals surface area contributed by atoms with Crippen LogP contribution in [0.3, 0.4) is 0 Å². The number of piperidine rings is 1. The summed E-state index contributed by atoms with van der Waals surface area (Å²) in [6, 6.07) is 10.9. The lowest BCUT2D eigenvalue weighted by Crippen LogP contribution is -2.53. The van der Waals surface area contributed by atoms with E-state index in [9.17, 15) is 22.4 Å². The number of methoxy groups -OCH3 is 1. The van der Waals surface area contributed by atoms with Crippen LogP contribution < -0.4 is 9.46 Å². The van der Waals surface area contributed by atoms with E-state index >= 15 is 0 Å². The minimum absolute atomic E-state index is 0.0189. The van der Waals surface area contributed by atoms with Crippen LogP contribution >= 0.6 is 0 Å². The molecule has 1 N–H and O–H groups in total. The molecule has 1 heterocycles. The third-order valence-electron chi connectivity index (χ3n) is 5.89. The number of hydrogen-bond donors (Lipinski definition) is 1. The van der Waals surface area contributed by atoms with Gasteiger partial charge in [0.15, 0.2) is 5.78 Å². The second kappa shape index (κ2) is 10.4. The van der Waals surface area contributed by atoms with Crippen molar-refractivity contribution in [1.82, 2.24) is 9.62 Å². The van der Waals surface area contributed by atoms with Crippen molar-refractivity contribution < 1.29 is 27.1 Å². The third kappa shape index (κ3) is 5.78. The molecule has 0 bridgehead atoms. The number of hydrogen-bond acceptors (Lipinski definition) is 5. The molecule has 178 valence electrons. The predicted octanol–water partition coefficient (Wildman–Crippen LogP) is 3.26. The van der Waals surface area contributed by atoms with Gasteiger partial charge in [0.2, 0.25) is 15.9 Å². The molecule has 0 spiro atoms. The zero-order valence-electron chi connectivity index (χ0n) is 19.0. The lowest BCUT2D eigenvalue weighted by atomic mass is 9.88. The molecule has 1 fully saturated rings. The highest BCUT2D eigenvalue weighted by Crippen LogP contribution is 2.25. The molecule has 1 saturated heterocycles. The fraction of sp³-hybridized carbons (Fsp3) is 0.417. The van der Waals surface area contributed by atoms with Crippen molar-refractivity contribution in [2.75, 3.05) is 20.2 Å². The highest BCUT2D eigenvalue weighted by atomic mass is 32.2. The summed E-state index contributed by atoms with van der Waals surface area (Å²) in [5, 5.41) is 0. The molecule has 7 nitrogen and oxygen atoms in total.